The molecule has 0 atom stereocenters. The van der Waals surface area contributed by atoms with Crippen LogP contribution >= 0.6 is 0 Å². The van der Waals surface area contributed by atoms with Crippen molar-refractivity contribution in [1.82, 2.24) is 0 Å². The first-order valence-electron chi connectivity index (χ1n) is 4.20. The topological polar surface area (TPSA) is 63.6 Å². The highest BCUT2D eigenvalue weighted by Gasteiger charge is 2.35. The summed E-state index contributed by atoms with van der Waals surface area (Å²) < 4.78 is 24.9. The van der Waals surface area contributed by atoms with E-state index in [1.165, 1.54) is 0 Å². The van der Waals surface area contributed by atoms with E-state index in [1.54, 1.807) is 0 Å². The molecule has 1 heterocycles. The van der Waals surface area contributed by atoms with Crippen LogP contribution in [0.3, 0.4) is 0 Å². The minimum absolute atomic E-state index is 0.671. The summed E-state index contributed by atoms with van der Waals surface area (Å²) in [5.41, 5.74) is -2.26. The fourth-order valence-electron chi connectivity index (χ4n) is 0.739. The van der Waals surface area contributed by atoms with Crippen LogP contribution in [-0.2, 0) is 14.3 Å². The van der Waals surface area contributed by atoms with Crippen LogP contribution in [0.2, 0.25) is 0 Å². The Morgan fingerprint density at radius 2 is 2.10 bits per heavy atom. The zero-order valence-corrected chi connectivity index (χ0v) is 5.09. The van der Waals surface area contributed by atoms with Crippen molar-refractivity contribution in [1.29, 1.82) is 0 Å². The Morgan fingerprint density at radius 1 is 1.60 bits per heavy atom. The predicted octanol–water partition coefficient (Wildman–Crippen LogP) is -0.399. The third-order valence-corrected chi connectivity index (χ3v) is 1.10. The summed E-state index contributed by atoms with van der Waals surface area (Å²) in [5.74, 6) is -2.01. The zero-order chi connectivity index (χ0) is 10.3. The average molecular weight is 147 g/mol. The minimum atomic E-state index is -2.75. The molecule has 1 rings (SSSR count). The highest BCUT2D eigenvalue weighted by atomic mass is 16.6. The van der Waals surface area contributed by atoms with Crippen LogP contribution in [0.1, 0.15) is 23.8 Å². The van der Waals surface area contributed by atoms with Gasteiger partial charge in [0.15, 0.2) is 0 Å². The molecule has 10 heavy (non-hydrogen) atoms. The monoisotopic (exact) mass is 147 g/mol. The van der Waals surface area contributed by atoms with Gasteiger partial charge in [-0.05, 0) is 6.85 Å². The van der Waals surface area contributed by atoms with E-state index >= 15 is 0 Å². The number of carbonyl (C=O) groups is 2. The van der Waals surface area contributed by atoms with Gasteiger partial charge in [0.2, 0.25) is 0 Å². The second-order valence-electron chi connectivity index (χ2n) is 2.23. The Balaban J connectivity index is 2.91. The highest BCUT2D eigenvalue weighted by Crippen LogP contribution is 2.20. The average Bonchev–Trinajstić information content (AvgIpc) is 1.79. The van der Waals surface area contributed by atoms with Crippen molar-refractivity contribution >= 4 is 11.9 Å². The maximum Gasteiger partial charge on any atom is 0.316 e. The summed E-state index contributed by atoms with van der Waals surface area (Å²) in [6.45, 7) is -2.75. The maximum atomic E-state index is 10.7. The Morgan fingerprint density at radius 3 is 2.50 bits per heavy atom. The molecule has 1 aliphatic heterocycles. The van der Waals surface area contributed by atoms with E-state index in [0.717, 1.165) is 0 Å². The molecule has 0 aliphatic carbocycles. The molecule has 0 radical (unpaired) electrons. The van der Waals surface area contributed by atoms with Crippen molar-refractivity contribution in [2.24, 2.45) is 0 Å². The van der Waals surface area contributed by atoms with Gasteiger partial charge in [-0.25, -0.2) is 0 Å². The minimum Gasteiger partial charge on any atom is -0.393 e. The smallest absolute Gasteiger partial charge is 0.316 e. The molecule has 0 spiro atoms. The molecule has 1 aliphatic rings. The van der Waals surface area contributed by atoms with E-state index in [2.05, 4.69) is 4.74 Å². The first-order valence-corrected chi connectivity index (χ1v) is 2.70. The number of ether oxygens (including phenoxy) is 1. The molecule has 0 aromatic rings. The number of hydrogen-bond donors (Lipinski definition) is 1. The molecule has 0 saturated carbocycles. The third kappa shape index (κ3) is 1.54. The highest BCUT2D eigenvalue weighted by molar-refractivity contribution is 5.89. The Labute approximate surface area is 62.0 Å². The molecule has 0 unspecified atom stereocenters. The molecular formula is C6H8O4. The van der Waals surface area contributed by atoms with Gasteiger partial charge in [0.1, 0.15) is 0 Å². The van der Waals surface area contributed by atoms with E-state index in [1.807, 2.05) is 0 Å². The van der Waals surface area contributed by atoms with Gasteiger partial charge in [0.05, 0.1) is 18.4 Å². The molecule has 0 bridgehead atoms. The second-order valence-corrected chi connectivity index (χ2v) is 2.23. The van der Waals surface area contributed by atoms with Gasteiger partial charge in [-0.1, -0.05) is 0 Å². The quantitative estimate of drug-likeness (QED) is 0.374. The van der Waals surface area contributed by atoms with Crippen LogP contribution in [0.5, 0.6) is 0 Å². The molecule has 1 saturated heterocycles. The van der Waals surface area contributed by atoms with Crippen molar-refractivity contribution in [3.63, 3.8) is 0 Å². The number of esters is 2. The molecule has 4 heteroatoms. The first-order chi connectivity index (χ1) is 5.74. The van der Waals surface area contributed by atoms with E-state index in [0.29, 0.717) is 0 Å². The SMILES string of the molecule is [2H]C([2H])([2H])C1(O)CC(=O)OC(=O)C1. The lowest BCUT2D eigenvalue weighted by Gasteiger charge is -2.24. The fraction of sp³-hybridized carbons (Fsp3) is 0.667. The van der Waals surface area contributed by atoms with Gasteiger partial charge in [-0.3, -0.25) is 9.59 Å². The second kappa shape index (κ2) is 2.05. The maximum absolute atomic E-state index is 10.7. The fourth-order valence-corrected chi connectivity index (χ4v) is 0.739. The summed E-state index contributed by atoms with van der Waals surface area (Å²) in [6.07, 6.45) is -1.34. The van der Waals surface area contributed by atoms with Crippen molar-refractivity contribution in [3.05, 3.63) is 0 Å². The predicted molar refractivity (Wildman–Crippen MR) is 31.0 cm³/mol. The molecule has 0 aromatic heterocycles. The molecule has 1 fully saturated rings. The Kier molecular flexibility index (Phi) is 0.838. The van der Waals surface area contributed by atoms with Crippen LogP contribution in [0, 0.1) is 0 Å². The van der Waals surface area contributed by atoms with Crippen molar-refractivity contribution < 1.29 is 23.5 Å². The van der Waals surface area contributed by atoms with Crippen molar-refractivity contribution in [2.45, 2.75) is 25.3 Å². The molecule has 56 valence electrons. The number of hydrogen-bond acceptors (Lipinski definition) is 4. The number of cyclic esters (lactones) is 2. The first kappa shape index (κ1) is 4.08. The van der Waals surface area contributed by atoms with Gasteiger partial charge in [0.25, 0.3) is 0 Å². The van der Waals surface area contributed by atoms with Crippen LogP contribution < -0.4 is 0 Å². The molecular weight excluding hydrogens is 136 g/mol. The van der Waals surface area contributed by atoms with Gasteiger partial charge in [-0.2, -0.15) is 0 Å². The standard InChI is InChI=1S/C6H8O4/c1-6(9)2-4(7)10-5(8)3-6/h9H,2-3H2,1H3/i1D3. The summed E-state index contributed by atoms with van der Waals surface area (Å²) in [6, 6.07) is 0. The van der Waals surface area contributed by atoms with Crippen molar-refractivity contribution in [3.8, 4) is 0 Å². The molecule has 0 amide bonds. The molecule has 1 N–H and O–H groups in total. The van der Waals surface area contributed by atoms with Crippen molar-refractivity contribution in [2.75, 3.05) is 0 Å². The third-order valence-electron chi connectivity index (χ3n) is 1.10. The normalized spacial score (nSPS) is 29.9. The van der Waals surface area contributed by atoms with Gasteiger partial charge < -0.3 is 9.84 Å². The largest absolute Gasteiger partial charge is 0.393 e. The lowest BCUT2D eigenvalue weighted by molar-refractivity contribution is -0.173. The van der Waals surface area contributed by atoms with Gasteiger partial charge in [-0.15, -0.1) is 0 Å². The summed E-state index contributed by atoms with van der Waals surface area (Å²) in [7, 11) is 0. The Hall–Kier alpha value is -0.900. The number of aliphatic hydroxyl groups is 1. The van der Waals surface area contributed by atoms with Crippen LogP contribution in [0.15, 0.2) is 0 Å². The summed E-state index contributed by atoms with van der Waals surface area (Å²) >= 11 is 0. The van der Waals surface area contributed by atoms with E-state index < -0.39 is 37.2 Å². The summed E-state index contributed by atoms with van der Waals surface area (Å²) in [4.78, 5) is 21.4. The van der Waals surface area contributed by atoms with E-state index in [9.17, 15) is 14.7 Å². The molecule has 0 aromatic carbocycles. The molecule has 4 nitrogen and oxygen atoms in total. The van der Waals surface area contributed by atoms with E-state index in [4.69, 9.17) is 4.11 Å². The van der Waals surface area contributed by atoms with Gasteiger partial charge >= 0.3 is 11.9 Å². The lowest BCUT2D eigenvalue weighted by Crippen LogP contribution is -2.38. The van der Waals surface area contributed by atoms with Crippen LogP contribution in [0.25, 0.3) is 0 Å². The Bertz CT molecular complexity index is 241. The number of rotatable bonds is 0. The lowest BCUT2D eigenvalue weighted by atomic mass is 9.96. The zero-order valence-electron chi connectivity index (χ0n) is 8.09. The van der Waals surface area contributed by atoms with Crippen LogP contribution in [-0.4, -0.2) is 22.6 Å². The number of carbonyl (C=O) groups excluding carboxylic acids is 2. The van der Waals surface area contributed by atoms with Gasteiger partial charge in [0, 0.05) is 4.11 Å². The van der Waals surface area contributed by atoms with Crippen LogP contribution in [0.4, 0.5) is 0 Å². The van der Waals surface area contributed by atoms with E-state index in [-0.39, 0.29) is 0 Å². The summed E-state index contributed by atoms with van der Waals surface area (Å²) in [5, 5.41) is 9.46.